The number of ether oxygens (including phenoxy) is 1. The highest BCUT2D eigenvalue weighted by atomic mass is 32.1. The number of rotatable bonds is 7. The predicted molar refractivity (Wildman–Crippen MR) is 124 cm³/mol. The normalized spacial score (nSPS) is 15.6. The van der Waals surface area contributed by atoms with Gasteiger partial charge in [-0.15, -0.1) is 5.10 Å². The third kappa shape index (κ3) is 4.77. The number of nitrogens with zero attached hydrogens (tertiary/aromatic N) is 4. The first kappa shape index (κ1) is 21.9. The summed E-state index contributed by atoms with van der Waals surface area (Å²) in [7, 11) is 1.84. The van der Waals surface area contributed by atoms with E-state index in [1.165, 1.54) is 0 Å². The first-order chi connectivity index (χ1) is 15.6. The summed E-state index contributed by atoms with van der Waals surface area (Å²) in [6.07, 6.45) is 0.798. The van der Waals surface area contributed by atoms with Crippen molar-refractivity contribution in [3.63, 3.8) is 0 Å². The summed E-state index contributed by atoms with van der Waals surface area (Å²) in [5.74, 6) is 0.891. The molecule has 1 aliphatic rings. The van der Waals surface area contributed by atoms with E-state index >= 15 is 0 Å². The molecule has 0 saturated heterocycles. The number of aromatic nitrogens is 3. The van der Waals surface area contributed by atoms with Gasteiger partial charge in [0.05, 0.1) is 12.4 Å². The highest BCUT2D eigenvalue weighted by Crippen LogP contribution is 2.30. The highest BCUT2D eigenvalue weighted by molar-refractivity contribution is 7.80. The summed E-state index contributed by atoms with van der Waals surface area (Å²) in [6, 6.07) is 16.8. The molecule has 0 radical (unpaired) electrons. The van der Waals surface area contributed by atoms with Crippen molar-refractivity contribution in [2.24, 2.45) is 0 Å². The fraction of sp³-hybridized carbons (Fsp3) is 0.304. The summed E-state index contributed by atoms with van der Waals surface area (Å²) in [4.78, 5) is 19.8. The Balaban J connectivity index is 1.52. The van der Waals surface area contributed by atoms with Gasteiger partial charge >= 0.3 is 0 Å². The van der Waals surface area contributed by atoms with Crippen LogP contribution in [0.15, 0.2) is 54.6 Å². The Labute approximate surface area is 191 Å². The minimum atomic E-state index is -0.523. The molecule has 4 rings (SSSR count). The molecular weight excluding hydrogens is 429 g/mol. The highest BCUT2D eigenvalue weighted by Gasteiger charge is 2.29. The van der Waals surface area contributed by atoms with Gasteiger partial charge in [-0.2, -0.15) is 0 Å². The molecule has 2 aromatic carbocycles. The van der Waals surface area contributed by atoms with E-state index in [9.17, 15) is 9.18 Å². The Kier molecular flexibility index (Phi) is 6.75. The fourth-order valence-electron chi connectivity index (χ4n) is 3.55. The zero-order valence-electron chi connectivity index (χ0n) is 17.7. The zero-order valence-corrected chi connectivity index (χ0v) is 18.5. The standard InChI is InChI=1S/C23H24FN5O2S/c1-28-18-10-5-6-11-19(18)31-15-17(23(28)32)25-22(30)21-26-20(29(27-21)13-7-12-24)14-16-8-3-2-4-9-16/h2-6,8-11,17H,7,12-15H2,1H3,(H,25,30)/t17-/m0/s1. The summed E-state index contributed by atoms with van der Waals surface area (Å²) in [5, 5.41) is 7.24. The Morgan fingerprint density at radius 3 is 2.75 bits per heavy atom. The molecule has 166 valence electrons. The van der Waals surface area contributed by atoms with Crippen LogP contribution in [0.5, 0.6) is 5.75 Å². The van der Waals surface area contributed by atoms with Crippen LogP contribution >= 0.6 is 12.2 Å². The largest absolute Gasteiger partial charge is 0.489 e. The number of carbonyl (C=O) groups is 1. The van der Waals surface area contributed by atoms with E-state index in [-0.39, 0.29) is 12.4 Å². The molecule has 0 aliphatic carbocycles. The van der Waals surface area contributed by atoms with Crippen molar-refractivity contribution in [1.82, 2.24) is 20.1 Å². The number of likely N-dealkylation sites (N-methyl/N-ethyl adjacent to an activating group) is 1. The Morgan fingerprint density at radius 2 is 1.97 bits per heavy atom. The second-order valence-corrected chi connectivity index (χ2v) is 7.90. The number of benzene rings is 2. The number of hydrogen-bond donors (Lipinski definition) is 1. The molecule has 2 heterocycles. The number of para-hydroxylation sites is 2. The van der Waals surface area contributed by atoms with Gasteiger partial charge in [-0.25, -0.2) is 9.67 Å². The number of thiocarbonyl (C=S) groups is 1. The smallest absolute Gasteiger partial charge is 0.291 e. The van der Waals surface area contributed by atoms with E-state index in [1.807, 2.05) is 66.5 Å². The summed E-state index contributed by atoms with van der Waals surface area (Å²) >= 11 is 5.60. The van der Waals surface area contributed by atoms with E-state index in [1.54, 1.807) is 4.68 Å². The van der Waals surface area contributed by atoms with Crippen molar-refractivity contribution in [3.05, 3.63) is 71.8 Å². The second-order valence-electron chi connectivity index (χ2n) is 7.48. The number of aryl methyl sites for hydroxylation is 1. The molecule has 0 spiro atoms. The first-order valence-corrected chi connectivity index (χ1v) is 10.8. The lowest BCUT2D eigenvalue weighted by atomic mass is 10.1. The van der Waals surface area contributed by atoms with Crippen molar-refractivity contribution in [2.45, 2.75) is 25.4 Å². The molecule has 0 fully saturated rings. The molecular formula is C23H24FN5O2S. The Morgan fingerprint density at radius 1 is 1.22 bits per heavy atom. The van der Waals surface area contributed by atoms with Gasteiger partial charge in [0, 0.05) is 20.0 Å². The van der Waals surface area contributed by atoms with Crippen LogP contribution in [0.4, 0.5) is 10.1 Å². The van der Waals surface area contributed by atoms with Gasteiger partial charge in [-0.3, -0.25) is 9.18 Å². The number of hydrogen-bond acceptors (Lipinski definition) is 5. The van der Waals surface area contributed by atoms with Gasteiger partial charge in [0.2, 0.25) is 5.82 Å². The lowest BCUT2D eigenvalue weighted by Gasteiger charge is -2.23. The van der Waals surface area contributed by atoms with Crippen LogP contribution in [0.1, 0.15) is 28.4 Å². The van der Waals surface area contributed by atoms with Crippen LogP contribution < -0.4 is 15.0 Å². The molecule has 1 aliphatic heterocycles. The second kappa shape index (κ2) is 9.86. The lowest BCUT2D eigenvalue weighted by molar-refractivity contribution is 0.0927. The van der Waals surface area contributed by atoms with Gasteiger partial charge in [0.15, 0.2) is 0 Å². The van der Waals surface area contributed by atoms with Gasteiger partial charge < -0.3 is 15.0 Å². The van der Waals surface area contributed by atoms with Crippen molar-refractivity contribution in [2.75, 3.05) is 25.2 Å². The maximum atomic E-state index is 13.0. The van der Waals surface area contributed by atoms with Gasteiger partial charge in [0.1, 0.15) is 29.2 Å². The fourth-order valence-corrected chi connectivity index (χ4v) is 3.77. The molecule has 1 aromatic heterocycles. The van der Waals surface area contributed by atoms with Crippen LogP contribution in [-0.2, 0) is 13.0 Å². The molecule has 1 N–H and O–H groups in total. The van der Waals surface area contributed by atoms with Crippen molar-refractivity contribution >= 4 is 28.8 Å². The van der Waals surface area contributed by atoms with E-state index in [2.05, 4.69) is 15.4 Å². The molecule has 7 nitrogen and oxygen atoms in total. The number of amides is 1. The molecule has 3 aromatic rings. The third-order valence-electron chi connectivity index (χ3n) is 5.23. The van der Waals surface area contributed by atoms with Crippen molar-refractivity contribution in [3.8, 4) is 5.75 Å². The van der Waals surface area contributed by atoms with Gasteiger partial charge in [0.25, 0.3) is 5.91 Å². The first-order valence-electron chi connectivity index (χ1n) is 10.4. The monoisotopic (exact) mass is 453 g/mol. The van der Waals surface area contributed by atoms with E-state index in [4.69, 9.17) is 17.0 Å². The topological polar surface area (TPSA) is 72.3 Å². The molecule has 1 amide bonds. The average Bonchev–Trinajstić information content (AvgIpc) is 3.17. The van der Waals surface area contributed by atoms with Crippen LogP contribution in [0.25, 0.3) is 0 Å². The van der Waals surface area contributed by atoms with Crippen LogP contribution in [0.3, 0.4) is 0 Å². The molecule has 0 bridgehead atoms. The third-order valence-corrected chi connectivity index (χ3v) is 5.78. The zero-order chi connectivity index (χ0) is 22.5. The van der Waals surface area contributed by atoms with Crippen LogP contribution in [0, 0.1) is 0 Å². The number of alkyl halides is 1. The minimum absolute atomic E-state index is 0.0296. The number of anilines is 1. The minimum Gasteiger partial charge on any atom is -0.489 e. The SMILES string of the molecule is CN1C(=S)[C@@H](NC(=O)c2nc(Cc3ccccc3)n(CCCF)n2)COc2ccccc21. The summed E-state index contributed by atoms with van der Waals surface area (Å²) in [6.45, 7) is 0.0834. The maximum Gasteiger partial charge on any atom is 0.291 e. The average molecular weight is 454 g/mol. The van der Waals surface area contributed by atoms with Crippen LogP contribution in [-0.4, -0.2) is 52.0 Å². The molecule has 0 saturated carbocycles. The molecule has 0 unspecified atom stereocenters. The summed E-state index contributed by atoms with van der Waals surface area (Å²) in [5.41, 5.74) is 1.87. The van der Waals surface area contributed by atoms with Gasteiger partial charge in [-0.05, 0) is 24.1 Å². The van der Waals surface area contributed by atoms with E-state index < -0.39 is 18.6 Å². The predicted octanol–water partition coefficient (Wildman–Crippen LogP) is 3.18. The van der Waals surface area contributed by atoms with Crippen molar-refractivity contribution < 1.29 is 13.9 Å². The quantitative estimate of drug-likeness (QED) is 0.554. The summed E-state index contributed by atoms with van der Waals surface area (Å²) < 4.78 is 20.2. The van der Waals surface area contributed by atoms with Gasteiger partial charge in [-0.1, -0.05) is 54.7 Å². The van der Waals surface area contributed by atoms with Crippen molar-refractivity contribution in [1.29, 1.82) is 0 Å². The van der Waals surface area contributed by atoms with E-state index in [0.717, 1.165) is 11.3 Å². The molecule has 1 atom stereocenters. The Hall–Kier alpha value is -3.33. The molecule has 32 heavy (non-hydrogen) atoms. The molecule has 9 heteroatoms. The number of nitrogens with one attached hydrogen (secondary N) is 1. The lowest BCUT2D eigenvalue weighted by Crippen LogP contribution is -2.48. The number of halogens is 1. The number of carbonyl (C=O) groups excluding carboxylic acids is 1. The maximum absolute atomic E-state index is 13.0. The van der Waals surface area contributed by atoms with E-state index in [0.29, 0.717) is 35.9 Å². The Bertz CT molecular complexity index is 1100. The number of fused-ring (bicyclic) bond motifs is 1. The van der Waals surface area contributed by atoms with Crippen LogP contribution in [0.2, 0.25) is 0 Å².